The van der Waals surface area contributed by atoms with Gasteiger partial charge in [0, 0.05) is 88.7 Å². The van der Waals surface area contributed by atoms with Gasteiger partial charge in [0.15, 0.2) is 14.3 Å². The van der Waals surface area contributed by atoms with E-state index in [0.29, 0.717) is 14.3 Å². The summed E-state index contributed by atoms with van der Waals surface area (Å²) >= 11 is 14.2. The maximum absolute atomic E-state index is 4.72. The van der Waals surface area contributed by atoms with Crippen LogP contribution in [0.4, 0.5) is 0 Å². The van der Waals surface area contributed by atoms with E-state index in [-0.39, 0.29) is 138 Å². The van der Waals surface area contributed by atoms with E-state index >= 15 is 0 Å². The molecule has 21 heavy (non-hydrogen) atoms. The van der Waals surface area contributed by atoms with Gasteiger partial charge in [0.05, 0.1) is 0 Å². The van der Waals surface area contributed by atoms with Gasteiger partial charge in [-0.1, -0.05) is 0 Å². The van der Waals surface area contributed by atoms with E-state index in [9.17, 15) is 0 Å². The van der Waals surface area contributed by atoms with Crippen LogP contribution in [0.3, 0.4) is 0 Å². The molecule has 0 saturated carbocycles. The number of hydrogen-bond donors (Lipinski definition) is 3. The molecule has 18 heteroatoms. The maximum Gasteiger partial charge on any atom is 0.178 e. The first-order chi connectivity index (χ1) is 4.18. The van der Waals surface area contributed by atoms with Gasteiger partial charge in [-0.15, -0.1) is 0 Å². The molecule has 0 aromatic carbocycles. The Kier molecular flexibility index (Phi) is 214. The molecule has 0 aliphatic heterocycles. The minimum absolute atomic E-state index is 0. The standard InChI is InChI=1S/C3H3N3S3.3Na.9H2O/c7-1-4-2(8)6-3(9)5-1;;;;;;;;;;;;/h(H3,4,5,6,7,8,9);;;;9*1H2. The molecule has 123 valence electrons. The van der Waals surface area contributed by atoms with Crippen LogP contribution in [0.5, 0.6) is 0 Å². The molecule has 12 nitrogen and oxygen atoms in total. The maximum atomic E-state index is 4.72. The topological polar surface area (TPSA) is 331 Å². The molecular weight excluding hydrogens is 387 g/mol. The summed E-state index contributed by atoms with van der Waals surface area (Å²) in [6.07, 6.45) is 0. The zero-order chi connectivity index (χ0) is 6.85. The van der Waals surface area contributed by atoms with Gasteiger partial charge in [0.1, 0.15) is 0 Å². The van der Waals surface area contributed by atoms with Crippen molar-refractivity contribution in [3.8, 4) is 0 Å². The van der Waals surface area contributed by atoms with E-state index in [4.69, 9.17) is 36.7 Å². The van der Waals surface area contributed by atoms with Crippen LogP contribution in [0.15, 0.2) is 0 Å². The Morgan fingerprint density at radius 3 is 0.571 bits per heavy atom. The van der Waals surface area contributed by atoms with Crippen LogP contribution >= 0.6 is 36.7 Å². The molecule has 1 aromatic heterocycles. The van der Waals surface area contributed by atoms with E-state index in [1.165, 1.54) is 0 Å². The summed E-state index contributed by atoms with van der Waals surface area (Å²) in [5.41, 5.74) is 0. The van der Waals surface area contributed by atoms with Crippen molar-refractivity contribution in [3.05, 3.63) is 14.3 Å². The molecule has 0 saturated heterocycles. The normalized spacial score (nSPS) is 4.00. The zero-order valence-electron chi connectivity index (χ0n) is 11.7. The van der Waals surface area contributed by atoms with Crippen LogP contribution in [-0.4, -0.2) is 153 Å². The number of hydrogen-bond acceptors (Lipinski definition) is 3. The Balaban J connectivity index is -0.00000000675. The van der Waals surface area contributed by atoms with Crippen molar-refractivity contribution in [1.29, 1.82) is 0 Å². The molecule has 0 spiro atoms. The van der Waals surface area contributed by atoms with Crippen LogP contribution in [-0.2, 0) is 0 Å². The van der Waals surface area contributed by atoms with Crippen LogP contribution in [0.1, 0.15) is 0 Å². The van der Waals surface area contributed by atoms with Gasteiger partial charge in [-0.05, 0) is 36.7 Å². The van der Waals surface area contributed by atoms with Crippen molar-refractivity contribution in [3.63, 3.8) is 0 Å². The summed E-state index contributed by atoms with van der Waals surface area (Å²) in [6, 6.07) is 0. The Morgan fingerprint density at radius 1 is 0.381 bits per heavy atom. The fourth-order valence-electron chi connectivity index (χ4n) is 0.403. The summed E-state index contributed by atoms with van der Waals surface area (Å²) in [6.45, 7) is 0. The minimum atomic E-state index is 0. The second-order valence-electron chi connectivity index (χ2n) is 1.36. The average molecular weight is 408 g/mol. The van der Waals surface area contributed by atoms with Crippen molar-refractivity contribution in [1.82, 2.24) is 15.0 Å². The van der Waals surface area contributed by atoms with Crippen LogP contribution in [0, 0.1) is 14.3 Å². The summed E-state index contributed by atoms with van der Waals surface area (Å²) in [4.78, 5) is 7.99. The third-order valence-corrected chi connectivity index (χ3v) is 1.29. The SMILES string of the molecule is O.O.O.O.O.O.O.O.O.S=c1[nH]c(=S)[nH]c(=S)[nH]1.[Na].[Na].[Na]. The van der Waals surface area contributed by atoms with Gasteiger partial charge >= 0.3 is 0 Å². The van der Waals surface area contributed by atoms with Gasteiger partial charge in [-0.2, -0.15) is 0 Å². The first-order valence-electron chi connectivity index (χ1n) is 2.11. The Morgan fingerprint density at radius 2 is 0.476 bits per heavy atom. The molecule has 3 radical (unpaired) electrons. The van der Waals surface area contributed by atoms with Gasteiger partial charge in [-0.3, -0.25) is 0 Å². The monoisotopic (exact) mass is 408 g/mol. The Bertz CT molecular complexity index is 307. The summed E-state index contributed by atoms with van der Waals surface area (Å²) in [5, 5.41) is 0. The van der Waals surface area contributed by atoms with Crippen LogP contribution < -0.4 is 0 Å². The van der Waals surface area contributed by atoms with E-state index in [2.05, 4.69) is 15.0 Å². The van der Waals surface area contributed by atoms with Crippen molar-refractivity contribution in [2.45, 2.75) is 0 Å². The molecule has 0 fully saturated rings. The fraction of sp³-hybridized carbons (Fsp3) is 0. The van der Waals surface area contributed by atoms with Crippen molar-refractivity contribution < 1.29 is 49.3 Å². The Hall–Kier alpha value is 2.31. The molecule has 21 N–H and O–H groups in total. The quantitative estimate of drug-likeness (QED) is 0.278. The summed E-state index contributed by atoms with van der Waals surface area (Å²) in [5.74, 6) is 0. The number of aromatic nitrogens is 3. The zero-order valence-corrected chi connectivity index (χ0v) is 20.2. The number of rotatable bonds is 0. The minimum Gasteiger partial charge on any atom is -0.412 e. The average Bonchev–Trinajstić information content (AvgIpc) is 1.59. The predicted molar refractivity (Wildman–Crippen MR) is 91.8 cm³/mol. The first-order valence-corrected chi connectivity index (χ1v) is 3.34. The Labute approximate surface area is 201 Å². The largest absolute Gasteiger partial charge is 0.412 e. The fourth-order valence-corrected chi connectivity index (χ4v) is 1.21. The number of nitrogens with one attached hydrogen (secondary N) is 3. The predicted octanol–water partition coefficient (Wildman–Crippen LogP) is -6.71. The molecule has 0 atom stereocenters. The third-order valence-electron chi connectivity index (χ3n) is 0.681. The molecule has 0 unspecified atom stereocenters. The van der Waals surface area contributed by atoms with Crippen molar-refractivity contribution >= 4 is 125 Å². The van der Waals surface area contributed by atoms with E-state index in [1.54, 1.807) is 0 Å². The second kappa shape index (κ2) is 49.5. The third kappa shape index (κ3) is 44.9. The second-order valence-corrected chi connectivity index (χ2v) is 2.59. The van der Waals surface area contributed by atoms with Gasteiger partial charge in [0.25, 0.3) is 0 Å². The van der Waals surface area contributed by atoms with Crippen LogP contribution in [0.25, 0.3) is 0 Å². The smallest absolute Gasteiger partial charge is 0.178 e. The van der Waals surface area contributed by atoms with Crippen LogP contribution in [0.2, 0.25) is 0 Å². The van der Waals surface area contributed by atoms with E-state index in [1.807, 2.05) is 0 Å². The molecule has 1 rings (SSSR count). The van der Waals surface area contributed by atoms with Crippen molar-refractivity contribution in [2.75, 3.05) is 0 Å². The molecular formula is C3H21N3Na3O9S3. The van der Waals surface area contributed by atoms with Gasteiger partial charge in [0.2, 0.25) is 0 Å². The van der Waals surface area contributed by atoms with E-state index < -0.39 is 0 Å². The number of aromatic amines is 3. The molecule has 1 heterocycles. The molecule has 0 aliphatic carbocycles. The first kappa shape index (κ1) is 90.7. The molecule has 0 aliphatic rings. The molecule has 0 amide bonds. The molecule has 1 aromatic rings. The van der Waals surface area contributed by atoms with Gasteiger partial charge in [-0.25, -0.2) is 0 Å². The summed E-state index contributed by atoms with van der Waals surface area (Å²) < 4.78 is 1.34. The molecule has 0 bridgehead atoms. The van der Waals surface area contributed by atoms with Gasteiger partial charge < -0.3 is 64.2 Å². The van der Waals surface area contributed by atoms with Crippen molar-refractivity contribution in [2.24, 2.45) is 0 Å². The number of H-pyrrole nitrogens is 3. The van der Waals surface area contributed by atoms with E-state index in [0.717, 1.165) is 0 Å². The summed E-state index contributed by atoms with van der Waals surface area (Å²) in [7, 11) is 0.